The third-order valence-electron chi connectivity index (χ3n) is 2.96. The molecule has 0 aliphatic rings. The van der Waals surface area contributed by atoms with Gasteiger partial charge in [0.1, 0.15) is 6.42 Å². The molecule has 104 valence electrons. The molecular weight excluding hydrogens is 265 g/mol. The van der Waals surface area contributed by atoms with E-state index >= 15 is 0 Å². The SMILES string of the molecule is O=C(CC(F)(F)F)C(c1ccccc1)c1ccccc1. The van der Waals surface area contributed by atoms with E-state index in [1.807, 2.05) is 0 Å². The van der Waals surface area contributed by atoms with Crippen molar-refractivity contribution in [3.8, 4) is 0 Å². The van der Waals surface area contributed by atoms with Crippen LogP contribution in [0, 0.1) is 0 Å². The van der Waals surface area contributed by atoms with E-state index in [0.717, 1.165) is 0 Å². The van der Waals surface area contributed by atoms with Crippen LogP contribution in [-0.4, -0.2) is 12.0 Å². The van der Waals surface area contributed by atoms with Gasteiger partial charge in [-0.1, -0.05) is 60.7 Å². The van der Waals surface area contributed by atoms with Crippen molar-refractivity contribution >= 4 is 5.78 Å². The van der Waals surface area contributed by atoms with Crippen molar-refractivity contribution in [3.05, 3.63) is 71.8 Å². The van der Waals surface area contributed by atoms with Crippen molar-refractivity contribution in [2.75, 3.05) is 0 Å². The average Bonchev–Trinajstić information content (AvgIpc) is 2.39. The summed E-state index contributed by atoms with van der Waals surface area (Å²) in [5, 5.41) is 0. The first-order valence-electron chi connectivity index (χ1n) is 6.17. The van der Waals surface area contributed by atoms with Crippen LogP contribution in [0.5, 0.6) is 0 Å². The molecule has 0 N–H and O–H groups in total. The zero-order valence-electron chi connectivity index (χ0n) is 10.6. The van der Waals surface area contributed by atoms with E-state index in [-0.39, 0.29) is 0 Å². The summed E-state index contributed by atoms with van der Waals surface area (Å²) in [5.74, 6) is -1.71. The second-order valence-electron chi connectivity index (χ2n) is 4.51. The number of benzene rings is 2. The van der Waals surface area contributed by atoms with Crippen LogP contribution in [0.1, 0.15) is 23.5 Å². The van der Waals surface area contributed by atoms with E-state index in [0.29, 0.717) is 11.1 Å². The van der Waals surface area contributed by atoms with Gasteiger partial charge >= 0.3 is 6.18 Å². The van der Waals surface area contributed by atoms with E-state index in [2.05, 4.69) is 0 Å². The van der Waals surface area contributed by atoms with Crippen LogP contribution < -0.4 is 0 Å². The fourth-order valence-electron chi connectivity index (χ4n) is 2.15. The summed E-state index contributed by atoms with van der Waals surface area (Å²) >= 11 is 0. The molecule has 0 aliphatic heterocycles. The molecule has 0 spiro atoms. The summed E-state index contributed by atoms with van der Waals surface area (Å²) in [5.41, 5.74) is 1.15. The minimum absolute atomic E-state index is 0.577. The predicted molar refractivity (Wildman–Crippen MR) is 70.4 cm³/mol. The van der Waals surface area contributed by atoms with Gasteiger partial charge in [0.15, 0.2) is 5.78 Å². The Kier molecular flexibility index (Phi) is 4.23. The topological polar surface area (TPSA) is 17.1 Å². The van der Waals surface area contributed by atoms with E-state index in [1.165, 1.54) is 0 Å². The summed E-state index contributed by atoms with van der Waals surface area (Å²) in [4.78, 5) is 12.0. The maximum Gasteiger partial charge on any atom is 0.395 e. The summed E-state index contributed by atoms with van der Waals surface area (Å²) in [7, 11) is 0. The van der Waals surface area contributed by atoms with Gasteiger partial charge in [-0.3, -0.25) is 4.79 Å². The highest BCUT2D eigenvalue weighted by Crippen LogP contribution is 2.30. The molecule has 0 atom stereocenters. The minimum Gasteiger partial charge on any atom is -0.298 e. The van der Waals surface area contributed by atoms with E-state index in [4.69, 9.17) is 0 Å². The predicted octanol–water partition coefficient (Wildman–Crippen LogP) is 4.34. The van der Waals surface area contributed by atoms with Gasteiger partial charge in [-0.15, -0.1) is 0 Å². The number of rotatable bonds is 4. The van der Waals surface area contributed by atoms with Crippen molar-refractivity contribution in [3.63, 3.8) is 0 Å². The van der Waals surface area contributed by atoms with Crippen LogP contribution in [-0.2, 0) is 4.79 Å². The summed E-state index contributed by atoms with van der Waals surface area (Å²) in [6.07, 6.45) is -5.90. The standard InChI is InChI=1S/C16H13F3O/c17-16(18,19)11-14(20)15(12-7-3-1-4-8-12)13-9-5-2-6-10-13/h1-10,15H,11H2. The Morgan fingerprint density at radius 1 is 0.850 bits per heavy atom. The Hall–Kier alpha value is -2.10. The summed E-state index contributed by atoms with van der Waals surface area (Å²) in [6, 6.07) is 17.1. The molecule has 0 aromatic heterocycles. The third kappa shape index (κ3) is 3.70. The lowest BCUT2D eigenvalue weighted by molar-refractivity contribution is -0.152. The smallest absolute Gasteiger partial charge is 0.298 e. The van der Waals surface area contributed by atoms with Crippen LogP contribution in [0.25, 0.3) is 0 Å². The van der Waals surface area contributed by atoms with Gasteiger partial charge in [0.2, 0.25) is 0 Å². The Balaban J connectivity index is 2.38. The molecule has 20 heavy (non-hydrogen) atoms. The number of hydrogen-bond acceptors (Lipinski definition) is 1. The number of Topliss-reactive ketones (excluding diaryl/α,β-unsaturated/α-hetero) is 1. The van der Waals surface area contributed by atoms with Gasteiger partial charge in [-0.25, -0.2) is 0 Å². The van der Waals surface area contributed by atoms with Gasteiger partial charge in [-0.2, -0.15) is 13.2 Å². The van der Waals surface area contributed by atoms with Crippen molar-refractivity contribution in [2.24, 2.45) is 0 Å². The quantitative estimate of drug-likeness (QED) is 0.813. The molecule has 0 saturated heterocycles. The second kappa shape index (κ2) is 5.90. The molecule has 0 unspecified atom stereocenters. The van der Waals surface area contributed by atoms with Crippen molar-refractivity contribution in [2.45, 2.75) is 18.5 Å². The van der Waals surface area contributed by atoms with Gasteiger partial charge in [0.25, 0.3) is 0 Å². The minimum atomic E-state index is -4.49. The van der Waals surface area contributed by atoms with E-state index in [1.54, 1.807) is 60.7 Å². The highest BCUT2D eigenvalue weighted by molar-refractivity contribution is 5.89. The lowest BCUT2D eigenvalue weighted by Gasteiger charge is -2.17. The van der Waals surface area contributed by atoms with Gasteiger partial charge in [0.05, 0.1) is 5.92 Å². The first-order chi connectivity index (χ1) is 9.47. The number of carbonyl (C=O) groups excluding carboxylic acids is 1. The summed E-state index contributed by atoms with van der Waals surface area (Å²) < 4.78 is 37.4. The molecule has 2 aromatic carbocycles. The molecule has 0 heterocycles. The highest BCUT2D eigenvalue weighted by Gasteiger charge is 2.35. The fraction of sp³-hybridized carbons (Fsp3) is 0.188. The van der Waals surface area contributed by atoms with Gasteiger partial charge in [-0.05, 0) is 11.1 Å². The number of alkyl halides is 3. The van der Waals surface area contributed by atoms with Crippen LogP contribution in [0.3, 0.4) is 0 Å². The number of carbonyl (C=O) groups is 1. The first kappa shape index (κ1) is 14.3. The maximum absolute atomic E-state index is 12.5. The molecule has 2 rings (SSSR count). The lowest BCUT2D eigenvalue weighted by Crippen LogP contribution is -2.21. The van der Waals surface area contributed by atoms with Gasteiger partial charge < -0.3 is 0 Å². The first-order valence-corrected chi connectivity index (χ1v) is 6.17. The van der Waals surface area contributed by atoms with Crippen LogP contribution >= 0.6 is 0 Å². The summed E-state index contributed by atoms with van der Waals surface area (Å²) in [6.45, 7) is 0. The Bertz CT molecular complexity index is 522. The van der Waals surface area contributed by atoms with Crippen molar-refractivity contribution < 1.29 is 18.0 Å². The second-order valence-corrected chi connectivity index (χ2v) is 4.51. The molecule has 4 heteroatoms. The van der Waals surface area contributed by atoms with Gasteiger partial charge in [0, 0.05) is 0 Å². The number of hydrogen-bond donors (Lipinski definition) is 0. The molecule has 2 aromatic rings. The molecule has 0 amide bonds. The Morgan fingerprint density at radius 2 is 1.25 bits per heavy atom. The molecule has 0 fully saturated rings. The monoisotopic (exact) mass is 278 g/mol. The Morgan fingerprint density at radius 3 is 1.60 bits per heavy atom. The van der Waals surface area contributed by atoms with E-state index < -0.39 is 24.3 Å². The average molecular weight is 278 g/mol. The molecule has 0 saturated carbocycles. The van der Waals surface area contributed by atoms with Crippen LogP contribution in [0.4, 0.5) is 13.2 Å². The number of ketones is 1. The fourth-order valence-corrected chi connectivity index (χ4v) is 2.15. The van der Waals surface area contributed by atoms with Crippen molar-refractivity contribution in [1.82, 2.24) is 0 Å². The lowest BCUT2D eigenvalue weighted by atomic mass is 9.86. The zero-order valence-corrected chi connectivity index (χ0v) is 10.6. The molecule has 1 nitrogen and oxygen atoms in total. The molecule has 0 radical (unpaired) electrons. The molecule has 0 aliphatic carbocycles. The van der Waals surface area contributed by atoms with Crippen LogP contribution in [0.2, 0.25) is 0 Å². The normalized spacial score (nSPS) is 11.6. The van der Waals surface area contributed by atoms with Crippen LogP contribution in [0.15, 0.2) is 60.7 Å². The maximum atomic E-state index is 12.5. The Labute approximate surface area is 115 Å². The molecule has 0 bridgehead atoms. The molecular formula is C16H13F3O. The number of halogens is 3. The zero-order chi connectivity index (χ0) is 14.6. The largest absolute Gasteiger partial charge is 0.395 e. The van der Waals surface area contributed by atoms with Crippen molar-refractivity contribution in [1.29, 1.82) is 0 Å². The van der Waals surface area contributed by atoms with E-state index in [9.17, 15) is 18.0 Å². The highest BCUT2D eigenvalue weighted by atomic mass is 19.4. The third-order valence-corrected chi connectivity index (χ3v) is 2.96.